The van der Waals surface area contributed by atoms with Crippen LogP contribution in [0.25, 0.3) is 0 Å². The van der Waals surface area contributed by atoms with E-state index in [1.54, 1.807) is 6.20 Å². The average Bonchev–Trinajstić information content (AvgIpc) is 2.30. The molecule has 5 nitrogen and oxygen atoms in total. The molecule has 2 unspecified atom stereocenters. The van der Waals surface area contributed by atoms with E-state index in [0.717, 1.165) is 18.8 Å². The van der Waals surface area contributed by atoms with Crippen LogP contribution >= 0.6 is 11.6 Å². The minimum Gasteiger partial charge on any atom is -0.366 e. The lowest BCUT2D eigenvalue weighted by molar-refractivity contribution is 0.405. The Hall–Kier alpha value is -1.07. The van der Waals surface area contributed by atoms with Crippen LogP contribution in [0.4, 0.5) is 5.69 Å². The second-order valence-electron chi connectivity index (χ2n) is 5.56. The van der Waals surface area contributed by atoms with E-state index >= 15 is 0 Å². The van der Waals surface area contributed by atoms with Crippen LogP contribution in [0.1, 0.15) is 33.7 Å². The van der Waals surface area contributed by atoms with Crippen molar-refractivity contribution in [2.45, 2.75) is 45.8 Å². The zero-order chi connectivity index (χ0) is 14.2. The molecule has 1 N–H and O–H groups in total. The van der Waals surface area contributed by atoms with Crippen LogP contribution in [0.3, 0.4) is 0 Å². The van der Waals surface area contributed by atoms with E-state index in [9.17, 15) is 4.79 Å². The molecule has 0 amide bonds. The molecular weight excluding hydrogens is 264 g/mol. The van der Waals surface area contributed by atoms with E-state index < -0.39 is 0 Å². The van der Waals surface area contributed by atoms with Crippen molar-refractivity contribution < 1.29 is 0 Å². The van der Waals surface area contributed by atoms with Crippen LogP contribution in [-0.4, -0.2) is 35.0 Å². The average molecular weight is 285 g/mol. The van der Waals surface area contributed by atoms with Crippen molar-refractivity contribution in [1.82, 2.24) is 15.1 Å². The topological polar surface area (TPSA) is 50.2 Å². The molecule has 0 spiro atoms. The SMILES string of the molecule is CC1CN(c2cnn(C(C)C)c(=O)c2Cl)CC(C)N1. The summed E-state index contributed by atoms with van der Waals surface area (Å²) < 4.78 is 1.42. The normalized spacial score (nSPS) is 24.0. The number of rotatable bonds is 2. The van der Waals surface area contributed by atoms with E-state index in [2.05, 4.69) is 29.2 Å². The Morgan fingerprint density at radius 1 is 1.37 bits per heavy atom. The van der Waals surface area contributed by atoms with Gasteiger partial charge >= 0.3 is 0 Å². The fourth-order valence-corrected chi connectivity index (χ4v) is 2.80. The molecule has 0 bridgehead atoms. The van der Waals surface area contributed by atoms with Gasteiger partial charge in [0.2, 0.25) is 0 Å². The van der Waals surface area contributed by atoms with E-state index in [0.29, 0.717) is 12.1 Å². The number of halogens is 1. The van der Waals surface area contributed by atoms with Crippen molar-refractivity contribution in [2.75, 3.05) is 18.0 Å². The third-order valence-electron chi connectivity index (χ3n) is 3.31. The highest BCUT2D eigenvalue weighted by Gasteiger charge is 2.24. The summed E-state index contributed by atoms with van der Waals surface area (Å²) in [6, 6.07) is 0.750. The first-order chi connectivity index (χ1) is 8.90. The zero-order valence-electron chi connectivity index (χ0n) is 11.9. The summed E-state index contributed by atoms with van der Waals surface area (Å²) >= 11 is 6.24. The molecule has 1 aromatic heterocycles. The summed E-state index contributed by atoms with van der Waals surface area (Å²) in [4.78, 5) is 14.3. The molecule has 1 aromatic rings. The minimum atomic E-state index is -0.215. The molecule has 0 aliphatic carbocycles. The lowest BCUT2D eigenvalue weighted by Gasteiger charge is -2.37. The summed E-state index contributed by atoms with van der Waals surface area (Å²) in [6.45, 7) is 9.74. The first-order valence-corrected chi connectivity index (χ1v) is 7.06. The monoisotopic (exact) mass is 284 g/mol. The Balaban J connectivity index is 2.36. The highest BCUT2D eigenvalue weighted by atomic mass is 35.5. The first-order valence-electron chi connectivity index (χ1n) is 6.68. The second kappa shape index (κ2) is 5.51. The van der Waals surface area contributed by atoms with Crippen LogP contribution < -0.4 is 15.8 Å². The van der Waals surface area contributed by atoms with Crippen LogP contribution in [0, 0.1) is 0 Å². The lowest BCUT2D eigenvalue weighted by Crippen LogP contribution is -2.54. The van der Waals surface area contributed by atoms with Crippen molar-refractivity contribution in [3.8, 4) is 0 Å². The molecule has 19 heavy (non-hydrogen) atoms. The van der Waals surface area contributed by atoms with Gasteiger partial charge in [-0.15, -0.1) is 0 Å². The predicted octanol–water partition coefficient (Wildman–Crippen LogP) is 1.66. The Labute approximate surface area is 118 Å². The number of aromatic nitrogens is 2. The first kappa shape index (κ1) is 14.3. The number of piperazine rings is 1. The van der Waals surface area contributed by atoms with Crippen molar-refractivity contribution in [2.24, 2.45) is 0 Å². The third kappa shape index (κ3) is 2.92. The molecule has 6 heteroatoms. The van der Waals surface area contributed by atoms with Crippen molar-refractivity contribution >= 4 is 17.3 Å². The summed E-state index contributed by atoms with van der Waals surface area (Å²) in [5.74, 6) is 0. The maximum atomic E-state index is 12.2. The van der Waals surface area contributed by atoms with Gasteiger partial charge in [0.15, 0.2) is 0 Å². The Bertz CT molecular complexity index is 504. The number of hydrogen-bond acceptors (Lipinski definition) is 4. The van der Waals surface area contributed by atoms with Gasteiger partial charge in [-0.1, -0.05) is 11.6 Å². The Morgan fingerprint density at radius 3 is 2.47 bits per heavy atom. The van der Waals surface area contributed by atoms with Crippen molar-refractivity contribution in [1.29, 1.82) is 0 Å². The highest BCUT2D eigenvalue weighted by molar-refractivity contribution is 6.33. The van der Waals surface area contributed by atoms with Gasteiger partial charge in [0.25, 0.3) is 5.56 Å². The summed E-state index contributed by atoms with van der Waals surface area (Å²) in [5, 5.41) is 7.94. The Morgan fingerprint density at radius 2 is 1.95 bits per heavy atom. The molecular formula is C13H21ClN4O. The maximum absolute atomic E-state index is 12.2. The molecule has 2 atom stereocenters. The van der Waals surface area contributed by atoms with E-state index in [-0.39, 0.29) is 16.6 Å². The number of nitrogens with one attached hydrogen (secondary N) is 1. The minimum absolute atomic E-state index is 0.0138. The standard InChI is InChI=1S/C13H21ClN4O/c1-8(2)18-13(19)12(14)11(5-15-18)17-6-9(3)16-10(4)7-17/h5,8-10,16H,6-7H2,1-4H3. The fraction of sp³-hybridized carbons (Fsp3) is 0.692. The van der Waals surface area contributed by atoms with Gasteiger partial charge in [-0.25, -0.2) is 4.68 Å². The highest BCUT2D eigenvalue weighted by Crippen LogP contribution is 2.23. The van der Waals surface area contributed by atoms with E-state index in [4.69, 9.17) is 11.6 Å². The largest absolute Gasteiger partial charge is 0.366 e. The van der Waals surface area contributed by atoms with E-state index in [1.807, 2.05) is 13.8 Å². The molecule has 106 valence electrons. The maximum Gasteiger partial charge on any atom is 0.287 e. The smallest absolute Gasteiger partial charge is 0.287 e. The fourth-order valence-electron chi connectivity index (χ4n) is 2.55. The van der Waals surface area contributed by atoms with Gasteiger partial charge in [0.05, 0.1) is 17.9 Å². The van der Waals surface area contributed by atoms with Crippen LogP contribution in [0.2, 0.25) is 5.02 Å². The van der Waals surface area contributed by atoms with Crippen LogP contribution in [0.5, 0.6) is 0 Å². The van der Waals surface area contributed by atoms with Gasteiger partial charge in [-0.2, -0.15) is 5.10 Å². The molecule has 0 aromatic carbocycles. The molecule has 1 fully saturated rings. The lowest BCUT2D eigenvalue weighted by atomic mass is 10.1. The van der Waals surface area contributed by atoms with Crippen molar-refractivity contribution in [3.05, 3.63) is 21.6 Å². The second-order valence-corrected chi connectivity index (χ2v) is 5.94. The Kier molecular flexibility index (Phi) is 4.16. The van der Waals surface area contributed by atoms with Gasteiger partial charge in [0.1, 0.15) is 5.02 Å². The molecule has 0 radical (unpaired) electrons. The molecule has 2 heterocycles. The zero-order valence-corrected chi connectivity index (χ0v) is 12.6. The summed E-state index contributed by atoms with van der Waals surface area (Å²) in [5.41, 5.74) is 0.525. The summed E-state index contributed by atoms with van der Waals surface area (Å²) in [7, 11) is 0. The molecule has 1 aliphatic heterocycles. The number of anilines is 1. The molecule has 1 saturated heterocycles. The predicted molar refractivity (Wildman–Crippen MR) is 78.2 cm³/mol. The van der Waals surface area contributed by atoms with Crippen molar-refractivity contribution in [3.63, 3.8) is 0 Å². The number of nitrogens with zero attached hydrogens (tertiary/aromatic N) is 3. The van der Waals surface area contributed by atoms with Gasteiger partial charge in [0, 0.05) is 25.2 Å². The number of hydrogen-bond donors (Lipinski definition) is 1. The molecule has 2 rings (SSSR count). The third-order valence-corrected chi connectivity index (χ3v) is 3.67. The van der Waals surface area contributed by atoms with Crippen LogP contribution in [-0.2, 0) is 0 Å². The van der Waals surface area contributed by atoms with Crippen LogP contribution in [0.15, 0.2) is 11.0 Å². The van der Waals surface area contributed by atoms with Gasteiger partial charge in [-0.3, -0.25) is 4.79 Å². The van der Waals surface area contributed by atoms with Gasteiger partial charge in [-0.05, 0) is 27.7 Å². The van der Waals surface area contributed by atoms with E-state index in [1.165, 1.54) is 4.68 Å². The summed E-state index contributed by atoms with van der Waals surface area (Å²) in [6.07, 6.45) is 1.70. The molecule has 0 saturated carbocycles. The molecule has 1 aliphatic rings. The quantitative estimate of drug-likeness (QED) is 0.897. The van der Waals surface area contributed by atoms with Gasteiger partial charge < -0.3 is 10.2 Å².